The average Bonchev–Trinajstić information content (AvgIpc) is 2.96. The summed E-state index contributed by atoms with van der Waals surface area (Å²) in [5, 5.41) is 9.25. The standard InChI is InChI=1S/C24H42O.H2O/c1-17(7-6-16-25)20-11-12-21-19-10-9-18-8-4-5-14-23(18,2)22(19)13-15-24(20,21)3;/h17-22,25H,4-16H2,1-3H3;1H2/t17-,18?,19+,20-,21+,22+,23+,24-;/m1./s1. The zero-order valence-corrected chi connectivity index (χ0v) is 17.6. The van der Waals surface area contributed by atoms with E-state index in [1.165, 1.54) is 64.2 Å². The van der Waals surface area contributed by atoms with Crippen LogP contribution in [0.2, 0.25) is 0 Å². The number of aliphatic hydroxyl groups is 1. The van der Waals surface area contributed by atoms with E-state index in [1.807, 2.05) is 0 Å². The van der Waals surface area contributed by atoms with Crippen LogP contribution in [0, 0.1) is 46.3 Å². The van der Waals surface area contributed by atoms with Gasteiger partial charge in [0, 0.05) is 6.61 Å². The first-order chi connectivity index (χ1) is 12.0. The van der Waals surface area contributed by atoms with Crippen LogP contribution < -0.4 is 0 Å². The molecule has 2 heteroatoms. The van der Waals surface area contributed by atoms with E-state index < -0.39 is 0 Å². The zero-order chi connectivity index (χ0) is 17.7. The molecular weight excluding hydrogens is 320 g/mol. The van der Waals surface area contributed by atoms with Gasteiger partial charge >= 0.3 is 0 Å². The Bertz CT molecular complexity index is 477. The van der Waals surface area contributed by atoms with Crippen LogP contribution in [0.5, 0.6) is 0 Å². The lowest BCUT2D eigenvalue weighted by atomic mass is 9.44. The first kappa shape index (κ1) is 20.6. The van der Waals surface area contributed by atoms with Crippen LogP contribution in [0.25, 0.3) is 0 Å². The molecule has 0 aromatic carbocycles. The first-order valence-corrected chi connectivity index (χ1v) is 11.6. The normalized spacial score (nSPS) is 48.7. The van der Waals surface area contributed by atoms with E-state index in [4.69, 9.17) is 0 Å². The molecule has 4 rings (SSSR count). The van der Waals surface area contributed by atoms with E-state index in [9.17, 15) is 5.11 Å². The van der Waals surface area contributed by atoms with Crippen molar-refractivity contribution in [1.29, 1.82) is 0 Å². The van der Waals surface area contributed by atoms with Gasteiger partial charge in [0.05, 0.1) is 0 Å². The monoisotopic (exact) mass is 364 g/mol. The highest BCUT2D eigenvalue weighted by atomic mass is 16.2. The zero-order valence-electron chi connectivity index (χ0n) is 17.6. The summed E-state index contributed by atoms with van der Waals surface area (Å²) in [6.07, 6.45) is 17.4. The smallest absolute Gasteiger partial charge is 0.0431 e. The van der Waals surface area contributed by atoms with Crippen molar-refractivity contribution in [2.45, 2.75) is 97.8 Å². The summed E-state index contributed by atoms with van der Waals surface area (Å²) >= 11 is 0. The third-order valence-corrected chi connectivity index (χ3v) is 10.2. The average molecular weight is 365 g/mol. The summed E-state index contributed by atoms with van der Waals surface area (Å²) in [4.78, 5) is 0. The van der Waals surface area contributed by atoms with Gasteiger partial charge in [0.25, 0.3) is 0 Å². The summed E-state index contributed by atoms with van der Waals surface area (Å²) in [5.74, 6) is 5.85. The molecule has 8 atom stereocenters. The molecule has 4 aliphatic rings. The molecule has 4 saturated carbocycles. The maximum Gasteiger partial charge on any atom is 0.0431 e. The maximum absolute atomic E-state index is 9.25. The molecule has 4 aliphatic carbocycles. The highest BCUT2D eigenvalue weighted by molar-refractivity contribution is 5.09. The second-order valence-electron chi connectivity index (χ2n) is 11.0. The van der Waals surface area contributed by atoms with Crippen molar-refractivity contribution >= 4 is 0 Å². The minimum absolute atomic E-state index is 0. The molecule has 26 heavy (non-hydrogen) atoms. The van der Waals surface area contributed by atoms with Crippen LogP contribution in [0.4, 0.5) is 0 Å². The lowest BCUT2D eigenvalue weighted by Crippen LogP contribution is -2.53. The second kappa shape index (κ2) is 7.74. The van der Waals surface area contributed by atoms with Gasteiger partial charge in [-0.15, -0.1) is 0 Å². The lowest BCUT2D eigenvalue weighted by Gasteiger charge is -2.61. The molecule has 1 unspecified atom stereocenters. The fourth-order valence-corrected chi connectivity index (χ4v) is 8.88. The van der Waals surface area contributed by atoms with Crippen LogP contribution in [0.3, 0.4) is 0 Å². The second-order valence-corrected chi connectivity index (χ2v) is 11.0. The van der Waals surface area contributed by atoms with Crippen molar-refractivity contribution in [2.75, 3.05) is 6.61 Å². The van der Waals surface area contributed by atoms with Gasteiger partial charge < -0.3 is 10.6 Å². The van der Waals surface area contributed by atoms with Crippen molar-refractivity contribution in [2.24, 2.45) is 46.3 Å². The van der Waals surface area contributed by atoms with E-state index in [-0.39, 0.29) is 5.48 Å². The van der Waals surface area contributed by atoms with Crippen LogP contribution in [-0.4, -0.2) is 17.2 Å². The van der Waals surface area contributed by atoms with Gasteiger partial charge in [-0.3, -0.25) is 0 Å². The molecule has 0 heterocycles. The Balaban J connectivity index is 0.00000196. The largest absolute Gasteiger partial charge is 0.412 e. The molecule has 2 nitrogen and oxygen atoms in total. The molecular formula is C24H44O2. The number of rotatable bonds is 4. The van der Waals surface area contributed by atoms with Crippen LogP contribution in [-0.2, 0) is 0 Å². The molecule has 152 valence electrons. The van der Waals surface area contributed by atoms with Gasteiger partial charge in [-0.1, -0.05) is 33.6 Å². The molecule has 4 fully saturated rings. The quantitative estimate of drug-likeness (QED) is 0.691. The van der Waals surface area contributed by atoms with Crippen LogP contribution in [0.1, 0.15) is 97.8 Å². The minimum atomic E-state index is 0. The van der Waals surface area contributed by atoms with E-state index in [1.54, 1.807) is 6.42 Å². The molecule has 0 aromatic rings. The van der Waals surface area contributed by atoms with E-state index in [0.29, 0.717) is 17.4 Å². The molecule has 0 spiro atoms. The molecule has 3 N–H and O–H groups in total. The van der Waals surface area contributed by atoms with Crippen molar-refractivity contribution in [3.05, 3.63) is 0 Å². The van der Waals surface area contributed by atoms with E-state index >= 15 is 0 Å². The number of fused-ring (bicyclic) bond motifs is 5. The SMILES string of the molecule is C[C@H](CCCO)[C@H]1CC[C@H]2[C@@H]3CCC4CCCC[C@]4(C)[C@H]3CC[C@]12C.O. The Labute approximate surface area is 161 Å². The Kier molecular flexibility index (Phi) is 6.15. The molecule has 0 aliphatic heterocycles. The third-order valence-electron chi connectivity index (χ3n) is 10.2. The van der Waals surface area contributed by atoms with Gasteiger partial charge in [-0.25, -0.2) is 0 Å². The lowest BCUT2D eigenvalue weighted by molar-refractivity contribution is -0.114. The van der Waals surface area contributed by atoms with Gasteiger partial charge in [0.1, 0.15) is 0 Å². The van der Waals surface area contributed by atoms with Gasteiger partial charge in [-0.05, 0) is 111 Å². The highest BCUT2D eigenvalue weighted by Crippen LogP contribution is 2.68. The number of aliphatic hydroxyl groups excluding tert-OH is 1. The Morgan fingerprint density at radius 3 is 2.42 bits per heavy atom. The number of hydrogen-bond donors (Lipinski definition) is 1. The van der Waals surface area contributed by atoms with Crippen LogP contribution >= 0.6 is 0 Å². The predicted molar refractivity (Wildman–Crippen MR) is 109 cm³/mol. The molecule has 0 amide bonds. The summed E-state index contributed by atoms with van der Waals surface area (Å²) in [6.45, 7) is 8.24. The fourth-order valence-electron chi connectivity index (χ4n) is 8.88. The van der Waals surface area contributed by atoms with Gasteiger partial charge in [0.2, 0.25) is 0 Å². The minimum Gasteiger partial charge on any atom is -0.412 e. The molecule has 0 saturated heterocycles. The van der Waals surface area contributed by atoms with Crippen molar-refractivity contribution in [1.82, 2.24) is 0 Å². The number of hydrogen-bond acceptors (Lipinski definition) is 1. The molecule has 0 bridgehead atoms. The van der Waals surface area contributed by atoms with Crippen molar-refractivity contribution in [3.8, 4) is 0 Å². The van der Waals surface area contributed by atoms with Crippen molar-refractivity contribution in [3.63, 3.8) is 0 Å². The van der Waals surface area contributed by atoms with E-state index in [2.05, 4.69) is 20.8 Å². The topological polar surface area (TPSA) is 51.7 Å². The van der Waals surface area contributed by atoms with Crippen molar-refractivity contribution < 1.29 is 10.6 Å². The summed E-state index contributed by atoms with van der Waals surface area (Å²) in [5.41, 5.74) is 1.29. The van der Waals surface area contributed by atoms with E-state index in [0.717, 1.165) is 41.9 Å². The Hall–Kier alpha value is -0.0800. The first-order valence-electron chi connectivity index (χ1n) is 11.6. The van der Waals surface area contributed by atoms with Gasteiger partial charge in [-0.2, -0.15) is 0 Å². The summed E-state index contributed by atoms with van der Waals surface area (Å²) < 4.78 is 0. The molecule has 0 radical (unpaired) electrons. The highest BCUT2D eigenvalue weighted by Gasteiger charge is 2.59. The Morgan fingerprint density at radius 2 is 1.65 bits per heavy atom. The third kappa shape index (κ3) is 3.08. The molecule has 0 aromatic heterocycles. The maximum atomic E-state index is 9.25. The summed E-state index contributed by atoms with van der Waals surface area (Å²) in [7, 11) is 0. The summed E-state index contributed by atoms with van der Waals surface area (Å²) in [6, 6.07) is 0. The fraction of sp³-hybridized carbons (Fsp3) is 1.00. The Morgan fingerprint density at radius 1 is 0.885 bits per heavy atom. The van der Waals surface area contributed by atoms with Gasteiger partial charge in [0.15, 0.2) is 0 Å². The predicted octanol–water partition coefficient (Wildman–Crippen LogP) is 5.62. The van der Waals surface area contributed by atoms with Crippen LogP contribution in [0.15, 0.2) is 0 Å².